The summed E-state index contributed by atoms with van der Waals surface area (Å²) < 4.78 is 0.826. The van der Waals surface area contributed by atoms with Crippen molar-refractivity contribution in [3.05, 3.63) is 26.7 Å². The van der Waals surface area contributed by atoms with E-state index < -0.39 is 0 Å². The molecular formula is C12H9BrN2O. The van der Waals surface area contributed by atoms with Crippen LogP contribution in [0.2, 0.25) is 0 Å². The fraction of sp³-hybridized carbons (Fsp3) is 0.167. The molecule has 0 bridgehead atoms. The van der Waals surface area contributed by atoms with Gasteiger partial charge in [-0.25, -0.2) is 0 Å². The number of rotatable bonds is 1. The molecule has 0 saturated carbocycles. The van der Waals surface area contributed by atoms with Crippen LogP contribution >= 0.6 is 15.9 Å². The van der Waals surface area contributed by atoms with Crippen molar-refractivity contribution in [3.8, 4) is 18.1 Å². The molecule has 1 aromatic carbocycles. The van der Waals surface area contributed by atoms with Crippen molar-refractivity contribution in [2.75, 3.05) is 6.54 Å². The first-order chi connectivity index (χ1) is 7.74. The molecule has 0 atom stereocenters. The smallest absolute Gasteiger partial charge is 0.130 e. The Morgan fingerprint density at radius 1 is 1.56 bits per heavy atom. The summed E-state index contributed by atoms with van der Waals surface area (Å²) in [5, 5.41) is 11.4. The molecular weight excluding hydrogens is 268 g/mol. The molecule has 1 aliphatic rings. The van der Waals surface area contributed by atoms with E-state index in [0.717, 1.165) is 9.83 Å². The van der Waals surface area contributed by atoms with Crippen LogP contribution in [-0.4, -0.2) is 17.9 Å². The number of halogens is 1. The molecule has 1 heterocycles. The molecule has 0 saturated heterocycles. The maximum atomic E-state index is 10.0. The average molecular weight is 277 g/mol. The second-order valence-corrected chi connectivity index (χ2v) is 4.17. The lowest BCUT2D eigenvalue weighted by Gasteiger charge is -2.03. The highest BCUT2D eigenvalue weighted by Gasteiger charge is 2.08. The Kier molecular flexibility index (Phi) is 3.07. The molecule has 0 radical (unpaired) electrons. The molecule has 0 spiro atoms. The normalized spacial score (nSPS) is 13.0. The van der Waals surface area contributed by atoms with Crippen LogP contribution in [0.5, 0.6) is 5.75 Å². The van der Waals surface area contributed by atoms with Gasteiger partial charge in [0.25, 0.3) is 0 Å². The van der Waals surface area contributed by atoms with Gasteiger partial charge in [-0.3, -0.25) is 9.98 Å². The lowest BCUT2D eigenvalue weighted by molar-refractivity contribution is 0.464. The van der Waals surface area contributed by atoms with Crippen LogP contribution < -0.4 is 10.6 Å². The molecule has 0 amide bonds. The first-order valence-electron chi connectivity index (χ1n) is 4.74. The topological polar surface area (TPSA) is 45.0 Å². The van der Waals surface area contributed by atoms with Crippen molar-refractivity contribution in [2.45, 2.75) is 6.42 Å². The van der Waals surface area contributed by atoms with Crippen molar-refractivity contribution in [2.24, 2.45) is 9.98 Å². The van der Waals surface area contributed by atoms with Crippen molar-refractivity contribution in [1.82, 2.24) is 0 Å². The maximum Gasteiger partial charge on any atom is 0.130 e. The molecule has 1 aliphatic heterocycles. The number of hydrogen-bond donors (Lipinski definition) is 1. The summed E-state index contributed by atoms with van der Waals surface area (Å²) in [4.78, 5) is 8.35. The van der Waals surface area contributed by atoms with Crippen molar-refractivity contribution >= 4 is 28.3 Å². The number of hydrogen-bond acceptors (Lipinski definition) is 3. The monoisotopic (exact) mass is 276 g/mol. The molecule has 4 heteroatoms. The van der Waals surface area contributed by atoms with Gasteiger partial charge in [0.2, 0.25) is 0 Å². The van der Waals surface area contributed by atoms with Crippen molar-refractivity contribution in [3.63, 3.8) is 0 Å². The predicted molar refractivity (Wildman–Crippen MR) is 66.9 cm³/mol. The summed E-state index contributed by atoms with van der Waals surface area (Å²) in [6.07, 6.45) is 8.92. The van der Waals surface area contributed by atoms with Crippen LogP contribution in [0.15, 0.2) is 20.5 Å². The summed E-state index contributed by atoms with van der Waals surface area (Å²) in [6, 6.07) is 1.80. The molecule has 2 rings (SSSR count). The van der Waals surface area contributed by atoms with E-state index >= 15 is 0 Å². The molecule has 3 nitrogen and oxygen atoms in total. The van der Waals surface area contributed by atoms with Gasteiger partial charge in [0, 0.05) is 28.9 Å². The summed E-state index contributed by atoms with van der Waals surface area (Å²) in [5.41, 5.74) is 0.705. The van der Waals surface area contributed by atoms with Gasteiger partial charge in [-0.05, 0) is 22.0 Å². The average Bonchev–Trinajstić information content (AvgIpc) is 2.51. The number of phenolic OH excluding ortho intramolecular Hbond substituents is 1. The number of aromatic hydroxyl groups is 1. The van der Waals surface area contributed by atoms with Gasteiger partial charge in [-0.15, -0.1) is 12.3 Å². The van der Waals surface area contributed by atoms with Gasteiger partial charge >= 0.3 is 0 Å². The zero-order chi connectivity index (χ0) is 11.5. The Morgan fingerprint density at radius 3 is 3.12 bits per heavy atom. The summed E-state index contributed by atoms with van der Waals surface area (Å²) in [5.74, 6) is 2.68. The third-order valence-electron chi connectivity index (χ3n) is 2.27. The number of phenols is 1. The van der Waals surface area contributed by atoms with Crippen molar-refractivity contribution < 1.29 is 5.11 Å². The number of aliphatic imine (C=N–C) groups is 1. The molecule has 0 unspecified atom stereocenters. The van der Waals surface area contributed by atoms with Crippen LogP contribution in [0.3, 0.4) is 0 Å². The number of benzene rings is 1. The summed E-state index contributed by atoms with van der Waals surface area (Å²) >= 11 is 3.42. The zero-order valence-corrected chi connectivity index (χ0v) is 10.0. The molecule has 1 N–H and O–H groups in total. The highest BCUT2D eigenvalue weighted by Crippen LogP contribution is 2.15. The summed E-state index contributed by atoms with van der Waals surface area (Å²) in [6.45, 7) is 0.510. The third kappa shape index (κ3) is 1.86. The van der Waals surface area contributed by atoms with Gasteiger partial charge in [0.05, 0.1) is 17.1 Å². The van der Waals surface area contributed by atoms with Crippen LogP contribution in [0.25, 0.3) is 6.20 Å². The first-order valence-corrected chi connectivity index (χ1v) is 5.53. The van der Waals surface area contributed by atoms with Gasteiger partial charge in [0.1, 0.15) is 5.75 Å². The first kappa shape index (κ1) is 10.9. The molecule has 0 aromatic heterocycles. The van der Waals surface area contributed by atoms with Crippen LogP contribution in [0.1, 0.15) is 5.56 Å². The van der Waals surface area contributed by atoms with Gasteiger partial charge in [-0.1, -0.05) is 0 Å². The molecule has 0 aliphatic carbocycles. The van der Waals surface area contributed by atoms with Crippen LogP contribution in [0.4, 0.5) is 0 Å². The van der Waals surface area contributed by atoms with E-state index in [2.05, 4.69) is 31.8 Å². The number of nitrogens with zero attached hydrogens (tertiary/aromatic N) is 2. The molecule has 16 heavy (non-hydrogen) atoms. The quantitative estimate of drug-likeness (QED) is 0.757. The highest BCUT2D eigenvalue weighted by molar-refractivity contribution is 9.10. The predicted octanol–water partition coefficient (Wildman–Crippen LogP) is 0.772. The maximum absolute atomic E-state index is 10.0. The Balaban J connectivity index is 2.82. The van der Waals surface area contributed by atoms with Gasteiger partial charge < -0.3 is 5.11 Å². The SMILES string of the molecule is C#CCc1cc(Br)c2c(c1O)=CN=CCN=2. The third-order valence-corrected chi connectivity index (χ3v) is 2.88. The standard InChI is InChI=1S/C12H9BrN2O/c1-2-3-8-6-10(13)11-9(12(8)16)7-14-4-5-15-11/h1,4,6-7,16H,3,5H2. The molecule has 1 aromatic rings. The molecule has 0 fully saturated rings. The Bertz CT molecular complexity index is 611. The van der Waals surface area contributed by atoms with E-state index in [1.54, 1.807) is 18.5 Å². The Morgan fingerprint density at radius 2 is 2.38 bits per heavy atom. The fourth-order valence-electron chi connectivity index (χ4n) is 1.54. The van der Waals surface area contributed by atoms with E-state index in [1.807, 2.05) is 0 Å². The van der Waals surface area contributed by atoms with Gasteiger partial charge in [-0.2, -0.15) is 0 Å². The van der Waals surface area contributed by atoms with Crippen LogP contribution in [-0.2, 0) is 6.42 Å². The van der Waals surface area contributed by atoms with Crippen molar-refractivity contribution in [1.29, 1.82) is 0 Å². The minimum Gasteiger partial charge on any atom is -0.507 e. The van der Waals surface area contributed by atoms with E-state index in [0.29, 0.717) is 23.7 Å². The Hall–Kier alpha value is -1.60. The fourth-order valence-corrected chi connectivity index (χ4v) is 2.15. The number of terminal acetylenes is 1. The summed E-state index contributed by atoms with van der Waals surface area (Å²) in [7, 11) is 0. The number of fused-ring (bicyclic) bond motifs is 1. The minimum atomic E-state index is 0.166. The second-order valence-electron chi connectivity index (χ2n) is 3.31. The highest BCUT2D eigenvalue weighted by atomic mass is 79.9. The second kappa shape index (κ2) is 4.50. The lowest BCUT2D eigenvalue weighted by Crippen LogP contribution is -2.27. The van der Waals surface area contributed by atoms with Gasteiger partial charge in [0.15, 0.2) is 0 Å². The Labute approximate surface area is 101 Å². The minimum absolute atomic E-state index is 0.166. The van der Waals surface area contributed by atoms with E-state index in [9.17, 15) is 5.11 Å². The van der Waals surface area contributed by atoms with E-state index in [4.69, 9.17) is 6.42 Å². The van der Waals surface area contributed by atoms with Crippen LogP contribution in [0, 0.1) is 12.3 Å². The lowest BCUT2D eigenvalue weighted by atomic mass is 10.1. The van der Waals surface area contributed by atoms with E-state index in [1.165, 1.54) is 0 Å². The zero-order valence-electron chi connectivity index (χ0n) is 8.44. The largest absolute Gasteiger partial charge is 0.507 e. The van der Waals surface area contributed by atoms with E-state index in [-0.39, 0.29) is 5.75 Å². The molecule has 80 valence electrons.